The number of nitrogens with zero attached hydrogens (tertiary/aromatic N) is 1. The summed E-state index contributed by atoms with van der Waals surface area (Å²) in [5.74, 6) is 0.430. The van der Waals surface area contributed by atoms with Crippen LogP contribution < -0.4 is 5.32 Å². The Kier molecular flexibility index (Phi) is 9.26. The molecule has 0 aliphatic heterocycles. The van der Waals surface area contributed by atoms with Crippen molar-refractivity contribution in [2.45, 2.75) is 57.1 Å². The second-order valence-corrected chi connectivity index (χ2v) is 10.6. The van der Waals surface area contributed by atoms with E-state index in [-0.39, 0.29) is 17.4 Å². The first-order valence-corrected chi connectivity index (χ1v) is 11.9. The largest absolute Gasteiger partial charge is 0.350 e. The van der Waals surface area contributed by atoms with Crippen LogP contribution in [0.3, 0.4) is 0 Å². The van der Waals surface area contributed by atoms with Crippen molar-refractivity contribution in [1.29, 1.82) is 0 Å². The second-order valence-electron chi connectivity index (χ2n) is 8.12. The molecular weight excluding hydrogens is 484 g/mol. The Labute approximate surface area is 196 Å². The standard InChI is InChI=1S/C23H28BrClN2O2S/c1-16(22(29)26-23(2,3)4)27(15-17-5-7-18(24)8-6-17)21(28)13-14-30-20-11-9-19(25)10-12-20/h5-12,16H,13-15H2,1-4H3,(H,26,29)/t16-/m0/s1. The van der Waals surface area contributed by atoms with E-state index in [1.165, 1.54) is 0 Å². The first kappa shape index (κ1) is 24.8. The maximum Gasteiger partial charge on any atom is 0.242 e. The first-order chi connectivity index (χ1) is 14.0. The molecule has 1 N–H and O–H groups in total. The molecule has 0 heterocycles. The smallest absolute Gasteiger partial charge is 0.242 e. The summed E-state index contributed by atoms with van der Waals surface area (Å²) in [6.07, 6.45) is 0.344. The molecule has 0 aliphatic rings. The highest BCUT2D eigenvalue weighted by atomic mass is 79.9. The highest BCUT2D eigenvalue weighted by Crippen LogP contribution is 2.22. The third-order valence-electron chi connectivity index (χ3n) is 4.33. The zero-order valence-corrected chi connectivity index (χ0v) is 20.9. The molecule has 30 heavy (non-hydrogen) atoms. The van der Waals surface area contributed by atoms with Crippen molar-refractivity contribution in [1.82, 2.24) is 10.2 Å². The van der Waals surface area contributed by atoms with Gasteiger partial charge in [0.25, 0.3) is 0 Å². The summed E-state index contributed by atoms with van der Waals surface area (Å²) in [7, 11) is 0. The van der Waals surface area contributed by atoms with Crippen LogP contribution in [0.1, 0.15) is 39.7 Å². The van der Waals surface area contributed by atoms with Gasteiger partial charge in [0.2, 0.25) is 11.8 Å². The van der Waals surface area contributed by atoms with Gasteiger partial charge in [-0.25, -0.2) is 0 Å². The van der Waals surface area contributed by atoms with Gasteiger partial charge in [0.15, 0.2) is 0 Å². The number of carbonyl (C=O) groups is 2. The number of nitrogens with one attached hydrogen (secondary N) is 1. The number of hydrogen-bond acceptors (Lipinski definition) is 3. The summed E-state index contributed by atoms with van der Waals surface area (Å²) >= 11 is 11.0. The Morgan fingerprint density at radius 2 is 1.70 bits per heavy atom. The van der Waals surface area contributed by atoms with Crippen LogP contribution in [-0.2, 0) is 16.1 Å². The number of thioether (sulfide) groups is 1. The average Bonchev–Trinajstić information content (AvgIpc) is 2.67. The Hall–Kier alpha value is -1.50. The summed E-state index contributed by atoms with van der Waals surface area (Å²) in [6.45, 7) is 7.96. The highest BCUT2D eigenvalue weighted by Gasteiger charge is 2.28. The molecule has 2 aromatic carbocycles. The van der Waals surface area contributed by atoms with Gasteiger partial charge in [-0.1, -0.05) is 39.7 Å². The van der Waals surface area contributed by atoms with Crippen molar-refractivity contribution in [2.75, 3.05) is 5.75 Å². The van der Waals surface area contributed by atoms with Crippen LogP contribution in [-0.4, -0.2) is 34.0 Å². The van der Waals surface area contributed by atoms with Crippen molar-refractivity contribution in [3.8, 4) is 0 Å². The molecule has 0 fully saturated rings. The summed E-state index contributed by atoms with van der Waals surface area (Å²) < 4.78 is 0.974. The lowest BCUT2D eigenvalue weighted by atomic mass is 10.1. The summed E-state index contributed by atoms with van der Waals surface area (Å²) in [4.78, 5) is 28.5. The number of benzene rings is 2. The monoisotopic (exact) mass is 510 g/mol. The van der Waals surface area contributed by atoms with Crippen molar-refractivity contribution in [3.63, 3.8) is 0 Å². The lowest BCUT2D eigenvalue weighted by molar-refractivity contribution is -0.140. The fourth-order valence-corrected chi connectivity index (χ4v) is 4.01. The van der Waals surface area contributed by atoms with Crippen LogP contribution in [0.25, 0.3) is 0 Å². The van der Waals surface area contributed by atoms with E-state index in [4.69, 9.17) is 11.6 Å². The fraction of sp³-hybridized carbons (Fsp3) is 0.391. The van der Waals surface area contributed by atoms with Crippen LogP contribution in [0.15, 0.2) is 57.9 Å². The van der Waals surface area contributed by atoms with Gasteiger partial charge in [-0.15, -0.1) is 11.8 Å². The van der Waals surface area contributed by atoms with Gasteiger partial charge >= 0.3 is 0 Å². The maximum absolute atomic E-state index is 13.1. The van der Waals surface area contributed by atoms with Crippen LogP contribution >= 0.6 is 39.3 Å². The Morgan fingerprint density at radius 1 is 1.10 bits per heavy atom. The van der Waals surface area contributed by atoms with E-state index < -0.39 is 6.04 Å². The van der Waals surface area contributed by atoms with E-state index in [9.17, 15) is 9.59 Å². The molecule has 0 radical (unpaired) electrons. The average molecular weight is 512 g/mol. The minimum atomic E-state index is -0.569. The van der Waals surface area contributed by atoms with Crippen molar-refractivity contribution in [3.05, 3.63) is 63.6 Å². The zero-order chi connectivity index (χ0) is 22.3. The molecule has 2 amide bonds. The second kappa shape index (κ2) is 11.2. The molecule has 2 rings (SSSR count). The van der Waals surface area contributed by atoms with Gasteiger partial charge in [-0.2, -0.15) is 0 Å². The van der Waals surface area contributed by atoms with Crippen LogP contribution in [0.5, 0.6) is 0 Å². The topological polar surface area (TPSA) is 49.4 Å². The van der Waals surface area contributed by atoms with E-state index in [1.807, 2.05) is 69.3 Å². The Morgan fingerprint density at radius 3 is 2.27 bits per heavy atom. The maximum atomic E-state index is 13.1. The number of rotatable bonds is 8. The van der Waals surface area contributed by atoms with E-state index in [0.29, 0.717) is 23.7 Å². The van der Waals surface area contributed by atoms with Crippen LogP contribution in [0, 0.1) is 0 Å². The number of halogens is 2. The highest BCUT2D eigenvalue weighted by molar-refractivity contribution is 9.10. The third-order valence-corrected chi connectivity index (χ3v) is 6.12. The third kappa shape index (κ3) is 8.32. The Bertz CT molecular complexity index is 851. The normalized spacial score (nSPS) is 12.3. The van der Waals surface area contributed by atoms with Crippen molar-refractivity contribution >= 4 is 51.1 Å². The van der Waals surface area contributed by atoms with Crippen LogP contribution in [0.4, 0.5) is 0 Å². The lowest BCUT2D eigenvalue weighted by Crippen LogP contribution is -2.52. The molecule has 7 heteroatoms. The fourth-order valence-electron chi connectivity index (χ4n) is 2.77. The molecule has 0 unspecified atom stereocenters. The molecule has 4 nitrogen and oxygen atoms in total. The molecule has 0 aliphatic carbocycles. The Balaban J connectivity index is 2.08. The van der Waals surface area contributed by atoms with Gasteiger partial charge in [-0.3, -0.25) is 9.59 Å². The molecule has 0 saturated heterocycles. The van der Waals surface area contributed by atoms with Gasteiger partial charge < -0.3 is 10.2 Å². The van der Waals surface area contributed by atoms with Gasteiger partial charge in [0.1, 0.15) is 6.04 Å². The summed E-state index contributed by atoms with van der Waals surface area (Å²) in [6, 6.07) is 14.8. The van der Waals surface area contributed by atoms with Gasteiger partial charge in [0.05, 0.1) is 0 Å². The first-order valence-electron chi connectivity index (χ1n) is 9.79. The van der Waals surface area contributed by atoms with Gasteiger partial charge in [-0.05, 0) is 69.7 Å². The molecule has 0 bridgehead atoms. The van der Waals surface area contributed by atoms with Gasteiger partial charge in [0, 0.05) is 38.6 Å². The van der Waals surface area contributed by atoms with E-state index >= 15 is 0 Å². The van der Waals surface area contributed by atoms with Crippen molar-refractivity contribution in [2.24, 2.45) is 0 Å². The zero-order valence-electron chi connectivity index (χ0n) is 17.7. The minimum absolute atomic E-state index is 0.0454. The quantitative estimate of drug-likeness (QED) is 0.448. The molecule has 0 saturated carbocycles. The summed E-state index contributed by atoms with van der Waals surface area (Å²) in [5, 5.41) is 3.67. The molecule has 162 valence electrons. The predicted molar refractivity (Wildman–Crippen MR) is 129 cm³/mol. The van der Waals surface area contributed by atoms with E-state index in [2.05, 4.69) is 21.2 Å². The molecule has 0 aromatic heterocycles. The number of hydrogen-bond donors (Lipinski definition) is 1. The van der Waals surface area contributed by atoms with Crippen molar-refractivity contribution < 1.29 is 9.59 Å². The lowest BCUT2D eigenvalue weighted by Gasteiger charge is -2.31. The molecule has 1 atom stereocenters. The molecular formula is C23H28BrClN2O2S. The predicted octanol–water partition coefficient (Wildman–Crippen LogP) is 5.92. The van der Waals surface area contributed by atoms with E-state index in [0.717, 1.165) is 14.9 Å². The number of carbonyl (C=O) groups excluding carboxylic acids is 2. The summed E-state index contributed by atoms with van der Waals surface area (Å²) in [5.41, 5.74) is 0.620. The van der Waals surface area contributed by atoms with Crippen LogP contribution in [0.2, 0.25) is 5.02 Å². The SMILES string of the molecule is C[C@@H](C(=O)NC(C)(C)C)N(Cc1ccc(Br)cc1)C(=O)CCSc1ccc(Cl)cc1. The molecule has 0 spiro atoms. The number of amides is 2. The van der Waals surface area contributed by atoms with E-state index in [1.54, 1.807) is 23.6 Å². The minimum Gasteiger partial charge on any atom is -0.350 e. The molecule has 2 aromatic rings.